The molecule has 0 saturated heterocycles. The number of benzene rings is 2. The van der Waals surface area contributed by atoms with Gasteiger partial charge in [0.05, 0.1) is 12.9 Å². The van der Waals surface area contributed by atoms with Crippen molar-refractivity contribution in [1.29, 1.82) is 0 Å². The van der Waals surface area contributed by atoms with Crippen molar-refractivity contribution in [3.8, 4) is 17.1 Å². The fourth-order valence-electron chi connectivity index (χ4n) is 2.62. The van der Waals surface area contributed by atoms with E-state index in [9.17, 15) is 4.79 Å². The van der Waals surface area contributed by atoms with Crippen molar-refractivity contribution in [2.75, 3.05) is 12.9 Å². The van der Waals surface area contributed by atoms with Crippen LogP contribution in [0.5, 0.6) is 5.75 Å². The van der Waals surface area contributed by atoms with Crippen molar-refractivity contribution in [2.45, 2.75) is 25.0 Å². The second-order valence-corrected chi connectivity index (χ2v) is 7.02. The number of hydrogen-bond acceptors (Lipinski definition) is 5. The maximum Gasteiger partial charge on any atom is 0.192 e. The van der Waals surface area contributed by atoms with Crippen molar-refractivity contribution in [3.05, 3.63) is 60.2 Å². The summed E-state index contributed by atoms with van der Waals surface area (Å²) in [7, 11) is 1.64. The molecule has 0 bridgehead atoms. The Morgan fingerprint density at radius 3 is 2.38 bits per heavy atom. The smallest absolute Gasteiger partial charge is 0.192 e. The van der Waals surface area contributed by atoms with Crippen LogP contribution in [0.15, 0.2) is 59.8 Å². The molecule has 2 aromatic carbocycles. The van der Waals surface area contributed by atoms with E-state index < -0.39 is 0 Å². The first-order valence-electron chi connectivity index (χ1n) is 8.40. The quantitative estimate of drug-likeness (QED) is 0.454. The van der Waals surface area contributed by atoms with E-state index in [-0.39, 0.29) is 11.8 Å². The maximum absolute atomic E-state index is 12.4. The average molecular weight is 367 g/mol. The van der Waals surface area contributed by atoms with Crippen LogP contribution in [0.2, 0.25) is 0 Å². The summed E-state index contributed by atoms with van der Waals surface area (Å²) in [6, 6.07) is 17.2. The van der Waals surface area contributed by atoms with Crippen LogP contribution in [0.25, 0.3) is 11.4 Å². The average Bonchev–Trinajstić information content (AvgIpc) is 3.11. The molecule has 3 aromatic rings. The number of carbonyl (C=O) groups is 1. The number of Topliss-reactive ketones (excluding diaryl/α,β-unsaturated/α-hetero) is 1. The summed E-state index contributed by atoms with van der Waals surface area (Å²) in [4.78, 5) is 12.4. The van der Waals surface area contributed by atoms with Crippen molar-refractivity contribution in [1.82, 2.24) is 14.8 Å². The molecule has 0 unspecified atom stereocenters. The number of carbonyl (C=O) groups excluding carboxylic acids is 1. The van der Waals surface area contributed by atoms with Gasteiger partial charge in [0.25, 0.3) is 0 Å². The van der Waals surface area contributed by atoms with Gasteiger partial charge in [0.1, 0.15) is 5.75 Å². The van der Waals surface area contributed by atoms with Crippen molar-refractivity contribution in [2.24, 2.45) is 0 Å². The number of nitrogens with zero attached hydrogens (tertiary/aromatic N) is 3. The summed E-state index contributed by atoms with van der Waals surface area (Å²) in [6.45, 7) is 4.17. The molecule has 26 heavy (non-hydrogen) atoms. The molecule has 134 valence electrons. The van der Waals surface area contributed by atoms with E-state index in [1.807, 2.05) is 54.6 Å². The van der Waals surface area contributed by atoms with Crippen molar-refractivity contribution >= 4 is 17.5 Å². The molecular formula is C20H21N3O2S. The number of methoxy groups -OCH3 is 1. The number of aromatic nitrogens is 3. The van der Waals surface area contributed by atoms with E-state index in [1.165, 1.54) is 11.8 Å². The summed E-state index contributed by atoms with van der Waals surface area (Å²) in [5, 5.41) is 9.41. The molecule has 5 nitrogen and oxygen atoms in total. The van der Waals surface area contributed by atoms with E-state index in [4.69, 9.17) is 4.74 Å². The minimum atomic E-state index is 0.0832. The zero-order chi connectivity index (χ0) is 18.5. The van der Waals surface area contributed by atoms with Gasteiger partial charge in [-0.05, 0) is 38.1 Å². The number of thioether (sulfide) groups is 1. The standard InChI is InChI=1S/C20H21N3O2S/c1-14(2)23-19(16-9-11-17(25-3)12-10-16)21-22-20(23)26-13-18(24)15-7-5-4-6-8-15/h4-12,14H,13H2,1-3H3. The van der Waals surface area contributed by atoms with Gasteiger partial charge in [-0.25, -0.2) is 0 Å². The second-order valence-electron chi connectivity index (χ2n) is 6.08. The van der Waals surface area contributed by atoms with Crippen LogP contribution in [0.3, 0.4) is 0 Å². The molecule has 3 rings (SSSR count). The SMILES string of the molecule is COc1ccc(-c2nnc(SCC(=O)c3ccccc3)n2C(C)C)cc1. The fraction of sp³-hybridized carbons (Fsp3) is 0.250. The summed E-state index contributed by atoms with van der Waals surface area (Å²) in [5.41, 5.74) is 1.68. The highest BCUT2D eigenvalue weighted by Crippen LogP contribution is 2.29. The largest absolute Gasteiger partial charge is 0.497 e. The first-order chi connectivity index (χ1) is 12.6. The van der Waals surface area contributed by atoms with Gasteiger partial charge in [-0.2, -0.15) is 0 Å². The molecule has 0 radical (unpaired) electrons. The summed E-state index contributed by atoms with van der Waals surface area (Å²) < 4.78 is 7.27. The highest BCUT2D eigenvalue weighted by molar-refractivity contribution is 7.99. The van der Waals surface area contributed by atoms with Crippen LogP contribution in [0.4, 0.5) is 0 Å². The maximum atomic E-state index is 12.4. The molecule has 1 aromatic heterocycles. The normalized spacial score (nSPS) is 10.9. The van der Waals surface area contributed by atoms with Gasteiger partial charge >= 0.3 is 0 Å². The molecule has 0 N–H and O–H groups in total. The minimum absolute atomic E-state index is 0.0832. The van der Waals surface area contributed by atoms with Crippen LogP contribution in [0.1, 0.15) is 30.2 Å². The van der Waals surface area contributed by atoms with E-state index in [1.54, 1.807) is 7.11 Å². The molecule has 0 aliphatic carbocycles. The molecule has 0 saturated carbocycles. The Morgan fingerprint density at radius 1 is 1.08 bits per heavy atom. The highest BCUT2D eigenvalue weighted by atomic mass is 32.2. The monoisotopic (exact) mass is 367 g/mol. The number of hydrogen-bond donors (Lipinski definition) is 0. The molecule has 1 heterocycles. The Labute approximate surface area is 157 Å². The van der Waals surface area contributed by atoms with Crippen LogP contribution < -0.4 is 4.74 Å². The van der Waals surface area contributed by atoms with Crippen LogP contribution in [-0.2, 0) is 0 Å². The lowest BCUT2D eigenvalue weighted by atomic mass is 10.2. The van der Waals surface area contributed by atoms with E-state index >= 15 is 0 Å². The Kier molecular flexibility index (Phi) is 5.73. The van der Waals surface area contributed by atoms with Crippen LogP contribution in [0, 0.1) is 0 Å². The van der Waals surface area contributed by atoms with E-state index in [2.05, 4.69) is 28.6 Å². The Morgan fingerprint density at radius 2 is 1.77 bits per heavy atom. The van der Waals surface area contributed by atoms with Crippen LogP contribution >= 0.6 is 11.8 Å². The van der Waals surface area contributed by atoms with Gasteiger partial charge in [-0.1, -0.05) is 42.1 Å². The predicted molar refractivity (Wildman–Crippen MR) is 104 cm³/mol. The van der Waals surface area contributed by atoms with Gasteiger partial charge in [-0.3, -0.25) is 9.36 Å². The second kappa shape index (κ2) is 8.19. The first-order valence-corrected chi connectivity index (χ1v) is 9.39. The third-order valence-electron chi connectivity index (χ3n) is 3.96. The van der Waals surface area contributed by atoms with Crippen LogP contribution in [-0.4, -0.2) is 33.4 Å². The zero-order valence-corrected chi connectivity index (χ0v) is 15.9. The number of ketones is 1. The number of rotatable bonds is 7. The van der Waals surface area contributed by atoms with Gasteiger partial charge < -0.3 is 4.74 Å². The van der Waals surface area contributed by atoms with Gasteiger partial charge in [0.15, 0.2) is 16.8 Å². The number of ether oxygens (including phenoxy) is 1. The fourth-order valence-corrected chi connectivity index (χ4v) is 3.58. The Balaban J connectivity index is 1.82. The van der Waals surface area contributed by atoms with E-state index in [0.717, 1.165) is 22.3 Å². The summed E-state index contributed by atoms with van der Waals surface area (Å²) in [5.74, 6) is 2.00. The van der Waals surface area contributed by atoms with Crippen molar-refractivity contribution < 1.29 is 9.53 Å². The van der Waals surface area contributed by atoms with Gasteiger partial charge in [-0.15, -0.1) is 10.2 Å². The molecule has 0 aliphatic rings. The molecule has 0 amide bonds. The summed E-state index contributed by atoms with van der Waals surface area (Å²) >= 11 is 1.42. The molecule has 0 aliphatic heterocycles. The topological polar surface area (TPSA) is 57.0 Å². The first kappa shape index (κ1) is 18.2. The summed E-state index contributed by atoms with van der Waals surface area (Å²) in [6.07, 6.45) is 0. The van der Waals surface area contributed by atoms with Gasteiger partial charge in [0.2, 0.25) is 0 Å². The molecule has 0 atom stereocenters. The Bertz CT molecular complexity index is 874. The van der Waals surface area contributed by atoms with Gasteiger partial charge in [0, 0.05) is 17.2 Å². The molecule has 0 spiro atoms. The molecule has 6 heteroatoms. The molecular weight excluding hydrogens is 346 g/mol. The third-order valence-corrected chi connectivity index (χ3v) is 4.90. The Hall–Kier alpha value is -2.60. The van der Waals surface area contributed by atoms with Crippen molar-refractivity contribution in [3.63, 3.8) is 0 Å². The minimum Gasteiger partial charge on any atom is -0.497 e. The zero-order valence-electron chi connectivity index (χ0n) is 15.0. The molecule has 0 fully saturated rings. The predicted octanol–water partition coefficient (Wildman–Crippen LogP) is 4.51. The lowest BCUT2D eigenvalue weighted by Gasteiger charge is -2.13. The third kappa shape index (κ3) is 3.96. The highest BCUT2D eigenvalue weighted by Gasteiger charge is 2.18. The lowest BCUT2D eigenvalue weighted by molar-refractivity contribution is 0.102. The van der Waals surface area contributed by atoms with E-state index in [0.29, 0.717) is 11.3 Å². The lowest BCUT2D eigenvalue weighted by Crippen LogP contribution is -2.07.